The number of anilines is 1. The Hall–Kier alpha value is -1.88. The Kier molecular flexibility index (Phi) is 3.39. The highest BCUT2D eigenvalue weighted by molar-refractivity contribution is 5.93. The minimum Gasteiger partial charge on any atom is -0.396 e. The zero-order chi connectivity index (χ0) is 12.3. The fourth-order valence-corrected chi connectivity index (χ4v) is 1.68. The van der Waals surface area contributed by atoms with Crippen molar-refractivity contribution in [3.8, 4) is 0 Å². The quantitative estimate of drug-likeness (QED) is 0.836. The van der Waals surface area contributed by atoms with Crippen LogP contribution in [0.15, 0.2) is 24.5 Å². The molecule has 0 bridgehead atoms. The van der Waals surface area contributed by atoms with E-state index >= 15 is 0 Å². The molecule has 0 aliphatic heterocycles. The van der Waals surface area contributed by atoms with Crippen LogP contribution in [0, 0.1) is 0 Å². The largest absolute Gasteiger partial charge is 0.396 e. The summed E-state index contributed by atoms with van der Waals surface area (Å²) in [6.07, 6.45) is 2.55. The number of hydrogen-bond acceptors (Lipinski definition) is 3. The molecule has 5 nitrogen and oxygen atoms in total. The molecular formula is C12H15N3O2. The van der Waals surface area contributed by atoms with Gasteiger partial charge in [0, 0.05) is 25.8 Å². The third-order valence-electron chi connectivity index (χ3n) is 2.57. The molecule has 1 heterocycles. The maximum absolute atomic E-state index is 11.5. The molecule has 2 N–H and O–H groups in total. The molecule has 2 aromatic rings. The monoisotopic (exact) mass is 233 g/mol. The molecular weight excluding hydrogens is 218 g/mol. The summed E-state index contributed by atoms with van der Waals surface area (Å²) in [6, 6.07) is 5.61. The standard InChI is InChI=1S/C12H15N3O2/c1-15-8-13-10-7-9(4-5-11(10)15)14-12(17)3-2-6-16/h4-5,7-8,16H,2-3,6H2,1H3,(H,14,17). The Morgan fingerprint density at radius 2 is 2.35 bits per heavy atom. The second-order valence-electron chi connectivity index (χ2n) is 3.93. The highest BCUT2D eigenvalue weighted by atomic mass is 16.3. The zero-order valence-corrected chi connectivity index (χ0v) is 9.68. The molecule has 0 saturated heterocycles. The average molecular weight is 233 g/mol. The van der Waals surface area contributed by atoms with Gasteiger partial charge >= 0.3 is 0 Å². The van der Waals surface area contributed by atoms with E-state index in [0.29, 0.717) is 12.8 Å². The normalized spacial score (nSPS) is 10.7. The summed E-state index contributed by atoms with van der Waals surface area (Å²) < 4.78 is 1.92. The van der Waals surface area contributed by atoms with Crippen LogP contribution in [0.4, 0.5) is 5.69 Å². The number of carbonyl (C=O) groups is 1. The van der Waals surface area contributed by atoms with Crippen molar-refractivity contribution in [2.24, 2.45) is 7.05 Å². The lowest BCUT2D eigenvalue weighted by Crippen LogP contribution is -2.11. The van der Waals surface area contributed by atoms with Crippen LogP contribution in [0.25, 0.3) is 11.0 Å². The smallest absolute Gasteiger partial charge is 0.224 e. The number of aliphatic hydroxyl groups excluding tert-OH is 1. The van der Waals surface area contributed by atoms with Crippen LogP contribution >= 0.6 is 0 Å². The third-order valence-corrected chi connectivity index (χ3v) is 2.57. The Bertz CT molecular complexity index is 534. The summed E-state index contributed by atoms with van der Waals surface area (Å²) in [7, 11) is 1.93. The number of amides is 1. The van der Waals surface area contributed by atoms with Gasteiger partial charge in [-0.2, -0.15) is 0 Å². The van der Waals surface area contributed by atoms with Gasteiger partial charge in [0.15, 0.2) is 0 Å². The van der Waals surface area contributed by atoms with Crippen molar-refractivity contribution < 1.29 is 9.90 Å². The van der Waals surface area contributed by atoms with Crippen molar-refractivity contribution in [1.29, 1.82) is 0 Å². The van der Waals surface area contributed by atoms with Gasteiger partial charge in [0.1, 0.15) is 0 Å². The molecule has 2 rings (SSSR count). The highest BCUT2D eigenvalue weighted by Crippen LogP contribution is 2.17. The van der Waals surface area contributed by atoms with Crippen molar-refractivity contribution in [2.45, 2.75) is 12.8 Å². The van der Waals surface area contributed by atoms with E-state index in [1.807, 2.05) is 29.8 Å². The lowest BCUT2D eigenvalue weighted by molar-refractivity contribution is -0.116. The number of benzene rings is 1. The molecule has 17 heavy (non-hydrogen) atoms. The number of nitrogens with zero attached hydrogens (tertiary/aromatic N) is 2. The number of hydrogen-bond donors (Lipinski definition) is 2. The van der Waals surface area contributed by atoms with Gasteiger partial charge in [0.25, 0.3) is 0 Å². The van der Waals surface area contributed by atoms with Gasteiger partial charge in [-0.15, -0.1) is 0 Å². The average Bonchev–Trinajstić information content (AvgIpc) is 2.68. The van der Waals surface area contributed by atoms with E-state index in [4.69, 9.17) is 5.11 Å². The predicted octanol–water partition coefficient (Wildman–Crippen LogP) is 1.28. The Morgan fingerprint density at radius 1 is 1.53 bits per heavy atom. The van der Waals surface area contributed by atoms with Crippen LogP contribution in [-0.4, -0.2) is 27.2 Å². The summed E-state index contributed by atoms with van der Waals surface area (Å²) in [6.45, 7) is 0.0344. The summed E-state index contributed by atoms with van der Waals surface area (Å²) in [5, 5.41) is 11.4. The number of fused-ring (bicyclic) bond motifs is 1. The zero-order valence-electron chi connectivity index (χ0n) is 9.68. The molecule has 0 aliphatic carbocycles. The molecule has 0 fully saturated rings. The van der Waals surface area contributed by atoms with Gasteiger partial charge in [-0.05, 0) is 24.6 Å². The van der Waals surface area contributed by atoms with E-state index in [2.05, 4.69) is 10.3 Å². The maximum atomic E-state index is 11.5. The molecule has 0 spiro atoms. The van der Waals surface area contributed by atoms with E-state index < -0.39 is 0 Å². The van der Waals surface area contributed by atoms with Crippen molar-refractivity contribution in [3.05, 3.63) is 24.5 Å². The van der Waals surface area contributed by atoms with Gasteiger partial charge in [0.05, 0.1) is 17.4 Å². The third kappa shape index (κ3) is 2.62. The van der Waals surface area contributed by atoms with Gasteiger partial charge in [0.2, 0.25) is 5.91 Å². The van der Waals surface area contributed by atoms with E-state index in [9.17, 15) is 4.79 Å². The van der Waals surface area contributed by atoms with Crippen molar-refractivity contribution in [3.63, 3.8) is 0 Å². The van der Waals surface area contributed by atoms with Crippen LogP contribution in [0.1, 0.15) is 12.8 Å². The van der Waals surface area contributed by atoms with Crippen molar-refractivity contribution in [1.82, 2.24) is 9.55 Å². The minimum atomic E-state index is -0.0886. The molecule has 90 valence electrons. The summed E-state index contributed by atoms with van der Waals surface area (Å²) in [5.74, 6) is -0.0886. The minimum absolute atomic E-state index is 0.0344. The number of nitrogens with one attached hydrogen (secondary N) is 1. The number of aliphatic hydroxyl groups is 1. The van der Waals surface area contributed by atoms with Gasteiger partial charge in [-0.25, -0.2) is 4.98 Å². The lowest BCUT2D eigenvalue weighted by Gasteiger charge is -2.04. The topological polar surface area (TPSA) is 67.2 Å². The summed E-state index contributed by atoms with van der Waals surface area (Å²) >= 11 is 0. The van der Waals surface area contributed by atoms with E-state index in [-0.39, 0.29) is 12.5 Å². The van der Waals surface area contributed by atoms with E-state index in [0.717, 1.165) is 16.7 Å². The van der Waals surface area contributed by atoms with Crippen LogP contribution in [0.5, 0.6) is 0 Å². The molecule has 5 heteroatoms. The first-order chi connectivity index (χ1) is 8.20. The molecule has 0 radical (unpaired) electrons. The first-order valence-corrected chi connectivity index (χ1v) is 5.52. The molecule has 0 saturated carbocycles. The first kappa shape index (κ1) is 11.6. The fraction of sp³-hybridized carbons (Fsp3) is 0.333. The van der Waals surface area contributed by atoms with Gasteiger partial charge < -0.3 is 15.0 Å². The molecule has 1 aromatic carbocycles. The maximum Gasteiger partial charge on any atom is 0.224 e. The van der Waals surface area contributed by atoms with Crippen LogP contribution in [-0.2, 0) is 11.8 Å². The lowest BCUT2D eigenvalue weighted by atomic mass is 10.2. The second kappa shape index (κ2) is 4.97. The molecule has 1 aromatic heterocycles. The Labute approximate surface area is 99.1 Å². The number of aromatic nitrogens is 2. The second-order valence-corrected chi connectivity index (χ2v) is 3.93. The predicted molar refractivity (Wildman–Crippen MR) is 65.7 cm³/mol. The van der Waals surface area contributed by atoms with Crippen molar-refractivity contribution >= 4 is 22.6 Å². The summed E-state index contributed by atoms with van der Waals surface area (Å²) in [4.78, 5) is 15.7. The van der Waals surface area contributed by atoms with E-state index in [1.165, 1.54) is 0 Å². The van der Waals surface area contributed by atoms with Crippen LogP contribution < -0.4 is 5.32 Å². The number of rotatable bonds is 4. The first-order valence-electron chi connectivity index (χ1n) is 5.52. The molecule has 0 unspecified atom stereocenters. The van der Waals surface area contributed by atoms with E-state index in [1.54, 1.807) is 6.33 Å². The van der Waals surface area contributed by atoms with Gasteiger partial charge in [-0.3, -0.25) is 4.79 Å². The Balaban J connectivity index is 2.11. The molecule has 1 amide bonds. The molecule has 0 atom stereocenters. The number of imidazole rings is 1. The van der Waals surface area contributed by atoms with Crippen LogP contribution in [0.3, 0.4) is 0 Å². The van der Waals surface area contributed by atoms with Gasteiger partial charge in [-0.1, -0.05) is 0 Å². The Morgan fingerprint density at radius 3 is 3.12 bits per heavy atom. The summed E-state index contributed by atoms with van der Waals surface area (Å²) in [5.41, 5.74) is 2.62. The number of carbonyl (C=O) groups excluding carboxylic acids is 1. The van der Waals surface area contributed by atoms with Crippen LogP contribution in [0.2, 0.25) is 0 Å². The fourth-order valence-electron chi connectivity index (χ4n) is 1.68. The van der Waals surface area contributed by atoms with Crippen molar-refractivity contribution in [2.75, 3.05) is 11.9 Å². The molecule has 0 aliphatic rings. The highest BCUT2D eigenvalue weighted by Gasteiger charge is 2.04. The number of aryl methyl sites for hydroxylation is 1. The SMILES string of the molecule is Cn1cnc2cc(NC(=O)CCCO)ccc21.